The molecule has 0 aliphatic rings. The van der Waals surface area contributed by atoms with Crippen LogP contribution >= 0.6 is 11.3 Å². The van der Waals surface area contributed by atoms with Crippen LogP contribution in [0, 0.1) is 6.92 Å². The molecule has 124 valence electrons. The molecule has 0 saturated carbocycles. The number of aromatic nitrogens is 2. The van der Waals surface area contributed by atoms with Crippen molar-refractivity contribution in [3.05, 3.63) is 65.2 Å². The van der Waals surface area contributed by atoms with Gasteiger partial charge in [0.2, 0.25) is 0 Å². The number of para-hydroxylation sites is 1. The Morgan fingerprint density at radius 3 is 2.68 bits per heavy atom. The lowest BCUT2D eigenvalue weighted by Gasteiger charge is -2.18. The molecule has 0 spiro atoms. The summed E-state index contributed by atoms with van der Waals surface area (Å²) in [5.41, 5.74) is 3.12. The van der Waals surface area contributed by atoms with E-state index in [-0.39, 0.29) is 5.91 Å². The number of fused-ring (bicyclic) bond motifs is 1. The second kappa shape index (κ2) is 6.14. The van der Waals surface area contributed by atoms with Gasteiger partial charge in [-0.1, -0.05) is 29.4 Å². The summed E-state index contributed by atoms with van der Waals surface area (Å²) in [6.45, 7) is 1.82. The molecule has 0 saturated heterocycles. The van der Waals surface area contributed by atoms with Gasteiger partial charge in [0.15, 0.2) is 0 Å². The van der Waals surface area contributed by atoms with E-state index in [2.05, 4.69) is 10.1 Å². The fourth-order valence-electron chi connectivity index (χ4n) is 2.76. The van der Waals surface area contributed by atoms with E-state index in [4.69, 9.17) is 4.52 Å². The number of aryl methyl sites for hydroxylation is 1. The Labute approximate surface area is 148 Å². The van der Waals surface area contributed by atoms with Crippen molar-refractivity contribution in [1.29, 1.82) is 0 Å². The zero-order valence-corrected chi connectivity index (χ0v) is 14.6. The van der Waals surface area contributed by atoms with E-state index in [0.29, 0.717) is 28.1 Å². The summed E-state index contributed by atoms with van der Waals surface area (Å²) in [5, 5.41) is 6.63. The number of nitrogens with zero attached hydrogens (tertiary/aromatic N) is 3. The van der Waals surface area contributed by atoms with Crippen molar-refractivity contribution in [2.45, 2.75) is 6.92 Å². The Kier molecular flexibility index (Phi) is 3.82. The normalized spacial score (nSPS) is 11.0. The van der Waals surface area contributed by atoms with E-state index < -0.39 is 0 Å². The first-order chi connectivity index (χ1) is 12.1. The fourth-order valence-corrected chi connectivity index (χ4v) is 3.45. The van der Waals surface area contributed by atoms with Gasteiger partial charge in [0.25, 0.3) is 11.6 Å². The maximum atomic E-state index is 13.2. The minimum absolute atomic E-state index is 0.122. The number of rotatable bonds is 3. The van der Waals surface area contributed by atoms with Crippen LogP contribution in [0.2, 0.25) is 0 Å². The van der Waals surface area contributed by atoms with Gasteiger partial charge in [-0.05, 0) is 36.6 Å². The SMILES string of the molecule is Cc1noc2nc(-c3cccs3)cc(C(=O)N(C)c3ccccc3)c12. The van der Waals surface area contributed by atoms with E-state index in [1.165, 1.54) is 0 Å². The van der Waals surface area contributed by atoms with E-state index in [9.17, 15) is 4.79 Å². The summed E-state index contributed by atoms with van der Waals surface area (Å²) in [4.78, 5) is 20.3. The molecule has 0 fully saturated rings. The number of amides is 1. The third-order valence-electron chi connectivity index (χ3n) is 4.07. The lowest BCUT2D eigenvalue weighted by atomic mass is 10.1. The zero-order chi connectivity index (χ0) is 17.4. The number of hydrogen-bond donors (Lipinski definition) is 0. The first-order valence-electron chi connectivity index (χ1n) is 7.79. The van der Waals surface area contributed by atoms with E-state index in [1.54, 1.807) is 23.3 Å². The number of carbonyl (C=O) groups is 1. The van der Waals surface area contributed by atoms with Crippen molar-refractivity contribution in [3.8, 4) is 10.6 Å². The highest BCUT2D eigenvalue weighted by atomic mass is 32.1. The standard InChI is InChI=1S/C19H15N3O2S/c1-12-17-14(19(23)22(2)13-7-4-3-5-8-13)11-15(16-9-6-10-25-16)20-18(17)24-21-12/h3-11H,1-2H3. The van der Waals surface area contributed by atoms with Crippen LogP contribution in [0.5, 0.6) is 0 Å². The second-order valence-electron chi connectivity index (χ2n) is 5.68. The molecule has 0 bridgehead atoms. The molecule has 6 heteroatoms. The molecule has 0 aliphatic heterocycles. The van der Waals surface area contributed by atoms with Gasteiger partial charge in [-0.25, -0.2) is 4.98 Å². The Hall–Kier alpha value is -2.99. The van der Waals surface area contributed by atoms with Crippen LogP contribution < -0.4 is 4.90 Å². The van der Waals surface area contributed by atoms with Gasteiger partial charge in [-0.15, -0.1) is 11.3 Å². The summed E-state index contributed by atoms with van der Waals surface area (Å²) >= 11 is 1.57. The molecule has 4 rings (SSSR count). The molecule has 0 N–H and O–H groups in total. The van der Waals surface area contributed by atoms with Gasteiger partial charge in [-0.2, -0.15) is 0 Å². The molecule has 3 aromatic heterocycles. The lowest BCUT2D eigenvalue weighted by Crippen LogP contribution is -2.26. The van der Waals surface area contributed by atoms with Crippen LogP contribution in [0.15, 0.2) is 58.4 Å². The third-order valence-corrected chi connectivity index (χ3v) is 4.96. The van der Waals surface area contributed by atoms with Gasteiger partial charge < -0.3 is 9.42 Å². The minimum atomic E-state index is -0.122. The van der Waals surface area contributed by atoms with Gasteiger partial charge >= 0.3 is 0 Å². The average molecular weight is 349 g/mol. The van der Waals surface area contributed by atoms with Gasteiger partial charge in [-0.3, -0.25) is 4.79 Å². The third kappa shape index (κ3) is 2.70. The molecule has 1 amide bonds. The molecule has 0 aliphatic carbocycles. The second-order valence-corrected chi connectivity index (χ2v) is 6.63. The summed E-state index contributed by atoms with van der Waals surface area (Å²) in [7, 11) is 1.76. The number of benzene rings is 1. The molecule has 4 aromatic rings. The van der Waals surface area contributed by atoms with E-state index in [0.717, 1.165) is 10.6 Å². The highest BCUT2D eigenvalue weighted by Gasteiger charge is 2.22. The number of hydrogen-bond acceptors (Lipinski definition) is 5. The first-order valence-corrected chi connectivity index (χ1v) is 8.67. The summed E-state index contributed by atoms with van der Waals surface area (Å²) in [6, 6.07) is 15.3. The number of pyridine rings is 1. The fraction of sp³-hybridized carbons (Fsp3) is 0.105. The molecular formula is C19H15N3O2S. The molecular weight excluding hydrogens is 334 g/mol. The van der Waals surface area contributed by atoms with Crippen molar-refractivity contribution in [1.82, 2.24) is 10.1 Å². The molecule has 5 nitrogen and oxygen atoms in total. The molecule has 0 atom stereocenters. The summed E-state index contributed by atoms with van der Waals surface area (Å²) in [5.74, 6) is -0.122. The smallest absolute Gasteiger partial charge is 0.259 e. The molecule has 0 unspecified atom stereocenters. The van der Waals surface area contributed by atoms with Crippen molar-refractivity contribution < 1.29 is 9.32 Å². The Balaban J connectivity index is 1.87. The van der Waals surface area contributed by atoms with Crippen molar-refractivity contribution in [2.24, 2.45) is 0 Å². The first kappa shape index (κ1) is 15.5. The van der Waals surface area contributed by atoms with Crippen LogP contribution in [0.25, 0.3) is 21.7 Å². The molecule has 1 aromatic carbocycles. The quantitative estimate of drug-likeness (QED) is 0.545. The van der Waals surface area contributed by atoms with Gasteiger partial charge in [0, 0.05) is 12.7 Å². The topological polar surface area (TPSA) is 59.2 Å². The zero-order valence-electron chi connectivity index (χ0n) is 13.8. The Morgan fingerprint density at radius 2 is 1.96 bits per heavy atom. The average Bonchev–Trinajstić information content (AvgIpc) is 3.31. The van der Waals surface area contributed by atoms with E-state index >= 15 is 0 Å². The predicted molar refractivity (Wildman–Crippen MR) is 99.0 cm³/mol. The van der Waals surface area contributed by atoms with Crippen LogP contribution in [0.4, 0.5) is 5.69 Å². The highest BCUT2D eigenvalue weighted by molar-refractivity contribution is 7.13. The van der Waals surface area contributed by atoms with Crippen LogP contribution in [-0.2, 0) is 0 Å². The van der Waals surface area contributed by atoms with Crippen LogP contribution in [-0.4, -0.2) is 23.1 Å². The summed E-state index contributed by atoms with van der Waals surface area (Å²) in [6.07, 6.45) is 0. The van der Waals surface area contributed by atoms with Gasteiger partial charge in [0.1, 0.15) is 0 Å². The van der Waals surface area contributed by atoms with Crippen molar-refractivity contribution in [3.63, 3.8) is 0 Å². The van der Waals surface area contributed by atoms with Crippen LogP contribution in [0.3, 0.4) is 0 Å². The highest BCUT2D eigenvalue weighted by Crippen LogP contribution is 2.30. The largest absolute Gasteiger partial charge is 0.335 e. The predicted octanol–water partition coefficient (Wildman–Crippen LogP) is 4.54. The Bertz CT molecular complexity index is 1040. The van der Waals surface area contributed by atoms with Crippen molar-refractivity contribution >= 4 is 34.0 Å². The molecule has 0 radical (unpaired) electrons. The van der Waals surface area contributed by atoms with E-state index in [1.807, 2.05) is 60.8 Å². The molecule has 25 heavy (non-hydrogen) atoms. The molecule has 3 heterocycles. The monoisotopic (exact) mass is 349 g/mol. The van der Waals surface area contributed by atoms with Crippen LogP contribution in [0.1, 0.15) is 16.1 Å². The maximum Gasteiger partial charge on any atom is 0.259 e. The Morgan fingerprint density at radius 1 is 1.16 bits per heavy atom. The van der Waals surface area contributed by atoms with Crippen molar-refractivity contribution in [2.75, 3.05) is 11.9 Å². The minimum Gasteiger partial charge on any atom is -0.335 e. The number of anilines is 1. The van der Waals surface area contributed by atoms with Gasteiger partial charge in [0.05, 0.1) is 27.2 Å². The number of thiophene rings is 1. The maximum absolute atomic E-state index is 13.2. The lowest BCUT2D eigenvalue weighted by molar-refractivity contribution is 0.0994. The summed E-state index contributed by atoms with van der Waals surface area (Å²) < 4.78 is 5.34. The number of carbonyl (C=O) groups excluding carboxylic acids is 1.